The van der Waals surface area contributed by atoms with Crippen LogP contribution in [0.1, 0.15) is 24.3 Å². The van der Waals surface area contributed by atoms with Crippen molar-refractivity contribution in [2.24, 2.45) is 0 Å². The predicted octanol–water partition coefficient (Wildman–Crippen LogP) is 1.26. The number of ether oxygens (including phenoxy) is 1. The summed E-state index contributed by atoms with van der Waals surface area (Å²) < 4.78 is 4.75. The van der Waals surface area contributed by atoms with E-state index >= 15 is 0 Å². The lowest BCUT2D eigenvalue weighted by molar-refractivity contribution is -0.140. The van der Waals surface area contributed by atoms with Crippen LogP contribution in [0.15, 0.2) is 18.3 Å². The van der Waals surface area contributed by atoms with E-state index in [1.165, 1.54) is 13.1 Å². The summed E-state index contributed by atoms with van der Waals surface area (Å²) in [6.45, 7) is 3.66. The van der Waals surface area contributed by atoms with Crippen LogP contribution in [0, 0.1) is 0 Å². The van der Waals surface area contributed by atoms with Crippen LogP contribution < -0.4 is 5.32 Å². The summed E-state index contributed by atoms with van der Waals surface area (Å²) >= 11 is 0. The van der Waals surface area contributed by atoms with Crippen LogP contribution >= 0.6 is 0 Å². The Morgan fingerprint density at radius 3 is 2.69 bits per heavy atom. The zero-order valence-corrected chi connectivity index (χ0v) is 9.32. The fraction of sp³-hybridized carbons (Fsp3) is 0.364. The molecule has 0 aliphatic carbocycles. The Morgan fingerprint density at radius 2 is 2.19 bits per heavy atom. The van der Waals surface area contributed by atoms with Gasteiger partial charge in [-0.2, -0.15) is 0 Å². The van der Waals surface area contributed by atoms with Crippen molar-refractivity contribution in [1.82, 2.24) is 4.98 Å². The summed E-state index contributed by atoms with van der Waals surface area (Å²) in [4.78, 5) is 25.9. The molecule has 16 heavy (non-hydrogen) atoms. The maximum absolute atomic E-state index is 11.0. The highest BCUT2D eigenvalue weighted by Crippen LogP contribution is 2.06. The van der Waals surface area contributed by atoms with Crippen LogP contribution in [0.4, 0.5) is 5.69 Å². The van der Waals surface area contributed by atoms with Gasteiger partial charge in [0, 0.05) is 6.92 Å². The average molecular weight is 222 g/mol. The molecule has 0 bridgehead atoms. The van der Waals surface area contributed by atoms with E-state index in [2.05, 4.69) is 10.3 Å². The van der Waals surface area contributed by atoms with Crippen molar-refractivity contribution in [3.05, 3.63) is 24.0 Å². The van der Waals surface area contributed by atoms with E-state index in [4.69, 9.17) is 4.74 Å². The second-order valence-corrected chi connectivity index (χ2v) is 3.15. The fourth-order valence-electron chi connectivity index (χ4n) is 1.09. The molecule has 0 radical (unpaired) electrons. The molecule has 0 saturated heterocycles. The molecule has 1 N–H and O–H groups in total. The van der Waals surface area contributed by atoms with Crippen LogP contribution in [0.5, 0.6) is 0 Å². The molecule has 0 fully saturated rings. The summed E-state index contributed by atoms with van der Waals surface area (Å²) in [6.07, 6.45) is 1.51. The summed E-state index contributed by atoms with van der Waals surface area (Å²) in [6, 6.07) is 3.30. The smallest absolute Gasteiger partial charge is 0.325 e. The van der Waals surface area contributed by atoms with Crippen molar-refractivity contribution in [2.75, 3.05) is 18.5 Å². The number of nitrogens with one attached hydrogen (secondary N) is 1. The third-order valence-electron chi connectivity index (χ3n) is 1.87. The SMILES string of the molecule is CCOC(=O)CNc1ccc(C(C)=O)nc1. The third-order valence-corrected chi connectivity index (χ3v) is 1.87. The van der Waals surface area contributed by atoms with Gasteiger partial charge in [0.2, 0.25) is 0 Å². The summed E-state index contributed by atoms with van der Waals surface area (Å²) in [7, 11) is 0. The monoisotopic (exact) mass is 222 g/mol. The Labute approximate surface area is 93.8 Å². The minimum absolute atomic E-state index is 0.0862. The molecule has 0 aliphatic heterocycles. The van der Waals surface area contributed by atoms with E-state index in [1.807, 2.05) is 0 Å². The topological polar surface area (TPSA) is 68.3 Å². The number of nitrogens with zero attached hydrogens (tertiary/aromatic N) is 1. The molecule has 0 atom stereocenters. The van der Waals surface area contributed by atoms with Gasteiger partial charge in [0.05, 0.1) is 18.5 Å². The minimum Gasteiger partial charge on any atom is -0.465 e. The molecule has 1 aromatic rings. The quantitative estimate of drug-likeness (QED) is 0.600. The number of anilines is 1. The van der Waals surface area contributed by atoms with Gasteiger partial charge < -0.3 is 10.1 Å². The second-order valence-electron chi connectivity index (χ2n) is 3.15. The number of aromatic nitrogens is 1. The normalized spacial score (nSPS) is 9.62. The predicted molar refractivity (Wildman–Crippen MR) is 59.4 cm³/mol. The zero-order chi connectivity index (χ0) is 12.0. The minimum atomic E-state index is -0.321. The first-order valence-electron chi connectivity index (χ1n) is 5.00. The zero-order valence-electron chi connectivity index (χ0n) is 9.32. The number of ketones is 1. The van der Waals surface area contributed by atoms with E-state index in [0.29, 0.717) is 18.0 Å². The van der Waals surface area contributed by atoms with Crippen molar-refractivity contribution in [1.29, 1.82) is 0 Å². The molecule has 0 unspecified atom stereocenters. The first kappa shape index (κ1) is 12.2. The standard InChI is InChI=1S/C11H14N2O3/c1-3-16-11(15)7-12-9-4-5-10(8(2)14)13-6-9/h4-6,12H,3,7H2,1-2H3. The van der Waals surface area contributed by atoms with Gasteiger partial charge in [-0.1, -0.05) is 0 Å². The van der Waals surface area contributed by atoms with Crippen LogP contribution in [0.2, 0.25) is 0 Å². The van der Waals surface area contributed by atoms with Gasteiger partial charge in [-0.3, -0.25) is 14.6 Å². The molecule has 5 heteroatoms. The van der Waals surface area contributed by atoms with Crippen LogP contribution in [-0.2, 0) is 9.53 Å². The maximum atomic E-state index is 11.0. The van der Waals surface area contributed by atoms with Crippen LogP contribution in [0.25, 0.3) is 0 Å². The fourth-order valence-corrected chi connectivity index (χ4v) is 1.09. The van der Waals surface area contributed by atoms with E-state index < -0.39 is 0 Å². The molecule has 0 saturated carbocycles. The number of pyridine rings is 1. The van der Waals surface area contributed by atoms with Crippen molar-refractivity contribution in [3.63, 3.8) is 0 Å². The average Bonchev–Trinajstić information content (AvgIpc) is 2.27. The second kappa shape index (κ2) is 5.85. The number of Topliss-reactive ketones (excluding diaryl/α,β-unsaturated/α-hetero) is 1. The third kappa shape index (κ3) is 3.68. The van der Waals surface area contributed by atoms with E-state index in [-0.39, 0.29) is 18.3 Å². The van der Waals surface area contributed by atoms with Crippen LogP contribution in [-0.4, -0.2) is 29.9 Å². The molecule has 1 rings (SSSR count). The number of rotatable bonds is 5. The molecule has 0 spiro atoms. The maximum Gasteiger partial charge on any atom is 0.325 e. The summed E-state index contributed by atoms with van der Waals surface area (Å²) in [5.74, 6) is -0.407. The molecule has 0 amide bonds. The van der Waals surface area contributed by atoms with Crippen molar-refractivity contribution < 1.29 is 14.3 Å². The molecule has 0 aliphatic rings. The number of hydrogen-bond donors (Lipinski definition) is 1. The lowest BCUT2D eigenvalue weighted by Crippen LogP contribution is -2.16. The van der Waals surface area contributed by atoms with Gasteiger partial charge in [-0.05, 0) is 19.1 Å². The van der Waals surface area contributed by atoms with Gasteiger partial charge in [0.15, 0.2) is 5.78 Å². The van der Waals surface area contributed by atoms with Gasteiger partial charge in [0.25, 0.3) is 0 Å². The largest absolute Gasteiger partial charge is 0.465 e. The van der Waals surface area contributed by atoms with Crippen molar-refractivity contribution in [3.8, 4) is 0 Å². The number of esters is 1. The summed E-state index contributed by atoms with van der Waals surface area (Å²) in [5.41, 5.74) is 1.08. The highest BCUT2D eigenvalue weighted by Gasteiger charge is 2.03. The van der Waals surface area contributed by atoms with Gasteiger partial charge in [0.1, 0.15) is 12.2 Å². The van der Waals surface area contributed by atoms with Crippen molar-refractivity contribution in [2.45, 2.75) is 13.8 Å². The number of hydrogen-bond acceptors (Lipinski definition) is 5. The Kier molecular flexibility index (Phi) is 4.44. The number of carbonyl (C=O) groups excluding carboxylic acids is 2. The van der Waals surface area contributed by atoms with Crippen LogP contribution in [0.3, 0.4) is 0 Å². The lowest BCUT2D eigenvalue weighted by atomic mass is 10.2. The summed E-state index contributed by atoms with van der Waals surface area (Å²) in [5, 5.41) is 2.85. The molecule has 5 nitrogen and oxygen atoms in total. The van der Waals surface area contributed by atoms with Gasteiger partial charge in [-0.25, -0.2) is 0 Å². The Hall–Kier alpha value is -1.91. The molecular formula is C11H14N2O3. The van der Waals surface area contributed by atoms with E-state index in [1.54, 1.807) is 19.1 Å². The lowest BCUT2D eigenvalue weighted by Gasteiger charge is -2.05. The Bertz CT molecular complexity index is 373. The highest BCUT2D eigenvalue weighted by molar-refractivity contribution is 5.92. The molecule has 1 heterocycles. The first-order chi connectivity index (χ1) is 7.63. The number of carbonyl (C=O) groups is 2. The van der Waals surface area contributed by atoms with E-state index in [0.717, 1.165) is 0 Å². The molecule has 0 aromatic carbocycles. The Morgan fingerprint density at radius 1 is 1.44 bits per heavy atom. The molecule has 86 valence electrons. The molecule has 1 aromatic heterocycles. The Balaban J connectivity index is 2.49. The van der Waals surface area contributed by atoms with Gasteiger partial charge in [-0.15, -0.1) is 0 Å². The van der Waals surface area contributed by atoms with Crippen molar-refractivity contribution >= 4 is 17.4 Å². The van der Waals surface area contributed by atoms with Gasteiger partial charge >= 0.3 is 5.97 Å². The highest BCUT2D eigenvalue weighted by atomic mass is 16.5. The van der Waals surface area contributed by atoms with E-state index in [9.17, 15) is 9.59 Å². The first-order valence-corrected chi connectivity index (χ1v) is 5.00. The molecular weight excluding hydrogens is 208 g/mol.